The Hall–Kier alpha value is 0. The van der Waals surface area contributed by atoms with Crippen molar-refractivity contribution in [2.75, 3.05) is 0 Å². The van der Waals surface area contributed by atoms with Crippen LogP contribution in [0.4, 0.5) is 0 Å². The van der Waals surface area contributed by atoms with Crippen molar-refractivity contribution in [1.29, 1.82) is 0 Å². The summed E-state index contributed by atoms with van der Waals surface area (Å²) >= 11 is 0. The van der Waals surface area contributed by atoms with E-state index in [2.05, 4.69) is 6.92 Å². The van der Waals surface area contributed by atoms with E-state index in [0.717, 1.165) is 5.41 Å². The lowest BCUT2D eigenvalue weighted by molar-refractivity contribution is 0.663. The van der Waals surface area contributed by atoms with E-state index >= 15 is 0 Å². The normalized spacial score (nSPS) is 90.5. The van der Waals surface area contributed by atoms with E-state index in [0.29, 0.717) is 0 Å². The predicted octanol–water partition coefficient (Wildman–Crippen LogP) is 1.27. The third-order valence-corrected chi connectivity index (χ3v) is 3.33. The second kappa shape index (κ2) is 0.312. The first-order chi connectivity index (χ1) is 2.87. The van der Waals surface area contributed by atoms with E-state index < -0.39 is 0 Å². The maximum absolute atomic E-state index is 2.40. The summed E-state index contributed by atoms with van der Waals surface area (Å²) in [5, 5.41) is 0. The summed E-state index contributed by atoms with van der Waals surface area (Å²) in [7, 11) is 0. The van der Waals surface area contributed by atoms with Gasteiger partial charge in [-0.2, -0.15) is 0 Å². The Morgan fingerprint density at radius 1 is 1.67 bits per heavy atom. The fraction of sp³-hybridized carbons (Fsp3) is 1.00. The van der Waals surface area contributed by atoms with Gasteiger partial charge < -0.3 is 0 Å². The molecule has 32 valence electrons. The van der Waals surface area contributed by atoms with E-state index in [1.165, 1.54) is 17.8 Å². The number of fused-ring (bicyclic) bond motifs is 1. The van der Waals surface area contributed by atoms with Crippen LogP contribution in [0.1, 0.15) is 13.3 Å². The van der Waals surface area contributed by atoms with Crippen LogP contribution in [-0.4, -0.2) is 0 Å². The van der Waals surface area contributed by atoms with Gasteiger partial charge in [0.1, 0.15) is 0 Å². The highest BCUT2D eigenvalue weighted by atomic mass is 15.0. The molecule has 0 N–H and O–H groups in total. The van der Waals surface area contributed by atoms with Gasteiger partial charge >= 0.3 is 0 Å². The molecule has 3 saturated carbocycles. The van der Waals surface area contributed by atoms with Crippen molar-refractivity contribution >= 4 is 0 Å². The van der Waals surface area contributed by atoms with Crippen LogP contribution < -0.4 is 0 Å². The molecule has 4 atom stereocenters. The minimum absolute atomic E-state index is 1.04. The zero-order valence-corrected chi connectivity index (χ0v) is 3.94. The van der Waals surface area contributed by atoms with Crippen LogP contribution >= 0.6 is 0 Å². The van der Waals surface area contributed by atoms with Crippen LogP contribution in [0.15, 0.2) is 0 Å². The lowest BCUT2D eigenvalue weighted by Gasteiger charge is -1.81. The van der Waals surface area contributed by atoms with Gasteiger partial charge in [0, 0.05) is 0 Å². The van der Waals surface area contributed by atoms with Crippen molar-refractivity contribution in [3.05, 3.63) is 0 Å². The molecule has 0 amide bonds. The molecule has 0 heterocycles. The van der Waals surface area contributed by atoms with Crippen LogP contribution in [-0.2, 0) is 0 Å². The summed E-state index contributed by atoms with van der Waals surface area (Å²) < 4.78 is 0. The molecule has 0 aliphatic heterocycles. The number of hydrogen-bond acceptors (Lipinski definition) is 0. The van der Waals surface area contributed by atoms with Crippen molar-refractivity contribution in [2.45, 2.75) is 13.3 Å². The molecule has 4 unspecified atom stereocenters. The average Bonchev–Trinajstić information content (AvgIpc) is 2.13. The molecule has 1 spiro atoms. The molecule has 3 fully saturated rings. The van der Waals surface area contributed by atoms with Gasteiger partial charge in [0.25, 0.3) is 0 Å². The van der Waals surface area contributed by atoms with E-state index in [4.69, 9.17) is 0 Å². The van der Waals surface area contributed by atoms with E-state index in [1.54, 1.807) is 6.42 Å². The molecule has 3 aliphatic carbocycles. The van der Waals surface area contributed by atoms with Gasteiger partial charge in [-0.1, -0.05) is 6.92 Å². The van der Waals surface area contributed by atoms with Crippen LogP contribution in [0, 0.1) is 23.2 Å². The Morgan fingerprint density at radius 3 is 2.33 bits per heavy atom. The fourth-order valence-corrected chi connectivity index (χ4v) is 2.44. The van der Waals surface area contributed by atoms with Crippen LogP contribution in [0.2, 0.25) is 0 Å². The average molecular weight is 80.1 g/mol. The van der Waals surface area contributed by atoms with Crippen molar-refractivity contribution < 1.29 is 0 Å². The summed E-state index contributed by atoms with van der Waals surface area (Å²) in [5.41, 5.74) is 1.04. The largest absolute Gasteiger partial charge is 0.0617 e. The lowest BCUT2D eigenvalue weighted by Crippen LogP contribution is -1.76. The highest BCUT2D eigenvalue weighted by molar-refractivity contribution is 5.42. The zero-order chi connectivity index (χ0) is 3.94. The van der Waals surface area contributed by atoms with Gasteiger partial charge in [0.05, 0.1) is 0 Å². The first-order valence-electron chi connectivity index (χ1n) is 2.87. The van der Waals surface area contributed by atoms with E-state index in [9.17, 15) is 0 Å². The summed E-state index contributed by atoms with van der Waals surface area (Å²) in [6, 6.07) is 0. The highest BCUT2D eigenvalue weighted by Gasteiger charge is 2.95. The predicted molar refractivity (Wildman–Crippen MR) is 23.2 cm³/mol. The van der Waals surface area contributed by atoms with Crippen LogP contribution in [0.3, 0.4) is 0 Å². The molecule has 0 bridgehead atoms. The van der Waals surface area contributed by atoms with Gasteiger partial charge in [-0.3, -0.25) is 0 Å². The minimum atomic E-state index is 1.04. The lowest BCUT2D eigenvalue weighted by atomic mass is 10.2. The minimum Gasteiger partial charge on any atom is -0.0617 e. The van der Waals surface area contributed by atoms with Crippen molar-refractivity contribution in [2.24, 2.45) is 23.2 Å². The number of hydrogen-bond donors (Lipinski definition) is 0. The third-order valence-electron chi connectivity index (χ3n) is 3.33. The first-order valence-corrected chi connectivity index (χ1v) is 2.87. The van der Waals surface area contributed by atoms with Crippen LogP contribution in [0.5, 0.6) is 0 Å². The Labute approximate surface area is 37.5 Å². The molecule has 0 heteroatoms. The van der Waals surface area contributed by atoms with Gasteiger partial charge in [-0.25, -0.2) is 0 Å². The third kappa shape index (κ3) is 0.0576. The summed E-state index contributed by atoms with van der Waals surface area (Å²) in [6.07, 6.45) is 1.61. The van der Waals surface area contributed by atoms with E-state index in [-0.39, 0.29) is 0 Å². The Balaban J connectivity index is 2.19. The summed E-state index contributed by atoms with van der Waals surface area (Å²) in [6.45, 7) is 2.40. The SMILES string of the molecule is CC1C2C3CC132. The standard InChI is InChI=1S/C6H8/c1-3-5-4-2-6(3,4)5/h3-5H,2H2,1H3. The monoisotopic (exact) mass is 80.1 g/mol. The molecule has 0 aromatic rings. The van der Waals surface area contributed by atoms with Gasteiger partial charge in [-0.05, 0) is 29.6 Å². The first kappa shape index (κ1) is 2.34. The summed E-state index contributed by atoms with van der Waals surface area (Å²) in [4.78, 5) is 0. The Bertz CT molecular complexity index is 122. The Kier molecular flexibility index (Phi) is 0.122. The summed E-state index contributed by atoms with van der Waals surface area (Å²) in [5.74, 6) is 3.70. The van der Waals surface area contributed by atoms with Crippen molar-refractivity contribution in [3.63, 3.8) is 0 Å². The molecule has 0 aromatic carbocycles. The van der Waals surface area contributed by atoms with Gasteiger partial charge in [-0.15, -0.1) is 0 Å². The van der Waals surface area contributed by atoms with Gasteiger partial charge in [0.2, 0.25) is 0 Å². The van der Waals surface area contributed by atoms with Crippen LogP contribution in [0.25, 0.3) is 0 Å². The second-order valence-corrected chi connectivity index (χ2v) is 3.24. The van der Waals surface area contributed by atoms with Gasteiger partial charge in [0.15, 0.2) is 0 Å². The zero-order valence-electron chi connectivity index (χ0n) is 3.94. The quantitative estimate of drug-likeness (QED) is 0.411. The molecule has 0 nitrogen and oxygen atoms in total. The van der Waals surface area contributed by atoms with E-state index in [1.807, 2.05) is 0 Å². The Morgan fingerprint density at radius 2 is 2.33 bits per heavy atom. The maximum Gasteiger partial charge on any atom is -0.0201 e. The molecular weight excluding hydrogens is 72.1 g/mol. The maximum atomic E-state index is 2.40. The topological polar surface area (TPSA) is 0 Å². The molecule has 3 aliphatic rings. The molecule has 0 aromatic heterocycles. The molecule has 0 radical (unpaired) electrons. The fourth-order valence-electron chi connectivity index (χ4n) is 2.44. The molecular formula is C6H8. The van der Waals surface area contributed by atoms with Crippen molar-refractivity contribution in [1.82, 2.24) is 0 Å². The highest BCUT2D eigenvalue weighted by Crippen LogP contribution is 3.00. The van der Waals surface area contributed by atoms with Crippen molar-refractivity contribution in [3.8, 4) is 0 Å². The molecule has 6 heavy (non-hydrogen) atoms. The number of rotatable bonds is 0. The molecule has 0 saturated heterocycles. The smallest absolute Gasteiger partial charge is 0.0201 e. The molecule has 3 rings (SSSR count). The second-order valence-electron chi connectivity index (χ2n) is 3.24.